The molecule has 0 heterocycles. The van der Waals surface area contributed by atoms with Gasteiger partial charge >= 0.3 is 5.97 Å². The molecule has 1 aromatic carbocycles. The number of carboxylic acids is 1. The van der Waals surface area contributed by atoms with E-state index in [0.29, 0.717) is 23.3 Å². The van der Waals surface area contributed by atoms with Crippen molar-refractivity contribution in [3.8, 4) is 5.75 Å². The number of anilines is 1. The first kappa shape index (κ1) is 14.3. The lowest BCUT2D eigenvalue weighted by Gasteiger charge is -2.41. The molecule has 0 saturated heterocycles. The molecule has 6 atom stereocenters. The molecule has 1 amide bonds. The van der Waals surface area contributed by atoms with Crippen molar-refractivity contribution in [1.29, 1.82) is 0 Å². The van der Waals surface area contributed by atoms with E-state index in [9.17, 15) is 14.7 Å². The summed E-state index contributed by atoms with van der Waals surface area (Å²) in [7, 11) is 1.55. The predicted octanol–water partition coefficient (Wildman–Crippen LogP) is 2.40. The van der Waals surface area contributed by atoms with E-state index in [1.807, 2.05) is 18.2 Å². The molecule has 0 unspecified atom stereocenters. The van der Waals surface area contributed by atoms with E-state index in [2.05, 4.69) is 11.4 Å². The van der Waals surface area contributed by atoms with Gasteiger partial charge in [0.05, 0.1) is 24.6 Å². The van der Waals surface area contributed by atoms with Crippen molar-refractivity contribution >= 4 is 17.6 Å². The fourth-order valence-corrected chi connectivity index (χ4v) is 4.53. The zero-order chi connectivity index (χ0) is 16.1. The van der Waals surface area contributed by atoms with Gasteiger partial charge in [-0.05, 0) is 42.2 Å². The summed E-state index contributed by atoms with van der Waals surface area (Å²) in [6.45, 7) is 0. The maximum Gasteiger partial charge on any atom is 0.307 e. The molecule has 0 aromatic heterocycles. The predicted molar refractivity (Wildman–Crippen MR) is 84.0 cm³/mol. The zero-order valence-corrected chi connectivity index (χ0v) is 12.8. The van der Waals surface area contributed by atoms with Crippen molar-refractivity contribution in [2.75, 3.05) is 12.4 Å². The Bertz CT molecular complexity index is 698. The summed E-state index contributed by atoms with van der Waals surface area (Å²) in [5.74, 6) is -0.651. The van der Waals surface area contributed by atoms with Gasteiger partial charge < -0.3 is 15.2 Å². The van der Waals surface area contributed by atoms with Crippen LogP contribution in [0.4, 0.5) is 5.69 Å². The Kier molecular flexibility index (Phi) is 3.18. The third-order valence-electron chi connectivity index (χ3n) is 5.60. The van der Waals surface area contributed by atoms with Crippen molar-refractivity contribution in [2.24, 2.45) is 35.5 Å². The Balaban J connectivity index is 1.62. The molecule has 2 N–H and O–H groups in total. The molecule has 120 valence electrons. The number of hydrogen-bond acceptors (Lipinski definition) is 3. The molecule has 0 spiro atoms. The second-order valence-electron chi connectivity index (χ2n) is 6.68. The van der Waals surface area contributed by atoms with Crippen molar-refractivity contribution < 1.29 is 19.4 Å². The minimum Gasteiger partial charge on any atom is -0.495 e. The van der Waals surface area contributed by atoms with Gasteiger partial charge in [-0.1, -0.05) is 24.3 Å². The number of benzene rings is 1. The normalized spacial score (nSPS) is 36.2. The van der Waals surface area contributed by atoms with Crippen LogP contribution in [-0.2, 0) is 9.59 Å². The van der Waals surface area contributed by atoms with Crippen LogP contribution in [0.1, 0.15) is 6.42 Å². The first-order valence-electron chi connectivity index (χ1n) is 7.97. The number of aliphatic carboxylic acids is 1. The third kappa shape index (κ3) is 2.14. The maximum absolute atomic E-state index is 12.8. The number of carboxylic acid groups (broad SMARTS) is 1. The van der Waals surface area contributed by atoms with E-state index >= 15 is 0 Å². The Hall–Kier alpha value is -2.30. The molecule has 5 heteroatoms. The fraction of sp³-hybridized carbons (Fsp3) is 0.444. The average Bonchev–Trinajstić information content (AvgIpc) is 3.36. The van der Waals surface area contributed by atoms with Crippen LogP contribution in [0.15, 0.2) is 36.4 Å². The highest BCUT2D eigenvalue weighted by molar-refractivity contribution is 5.97. The van der Waals surface area contributed by atoms with Crippen molar-refractivity contribution in [2.45, 2.75) is 6.42 Å². The van der Waals surface area contributed by atoms with Gasteiger partial charge in [0, 0.05) is 0 Å². The van der Waals surface area contributed by atoms with Crippen LogP contribution in [0, 0.1) is 35.5 Å². The molecule has 0 aliphatic heterocycles. The molecule has 1 aromatic rings. The highest BCUT2D eigenvalue weighted by atomic mass is 16.5. The van der Waals surface area contributed by atoms with Gasteiger partial charge in [-0.25, -0.2) is 0 Å². The highest BCUT2D eigenvalue weighted by Crippen LogP contribution is 2.63. The van der Waals surface area contributed by atoms with Crippen LogP contribution in [0.3, 0.4) is 0 Å². The quantitative estimate of drug-likeness (QED) is 0.837. The van der Waals surface area contributed by atoms with Crippen LogP contribution in [0.5, 0.6) is 5.75 Å². The molecular formula is C18H19NO4. The Morgan fingerprint density at radius 3 is 2.43 bits per heavy atom. The standard InChI is InChI=1S/C18H19NO4/c1-23-14-5-3-2-4-13(14)19-17(20)15-9-6-7-10(12-8-11(9)12)16(15)18(21)22/h2-7,9-12,15-16H,8H2,1H3,(H,19,20)(H,21,22)/t9-,10+,11-,12+,15+,16+/m1/s1. The summed E-state index contributed by atoms with van der Waals surface area (Å²) in [4.78, 5) is 24.6. The number of para-hydroxylation sites is 2. The van der Waals surface area contributed by atoms with E-state index in [-0.39, 0.29) is 17.7 Å². The van der Waals surface area contributed by atoms with Crippen LogP contribution in [0.2, 0.25) is 0 Å². The van der Waals surface area contributed by atoms with E-state index in [1.165, 1.54) is 0 Å². The van der Waals surface area contributed by atoms with Gasteiger partial charge in [-0.3, -0.25) is 9.59 Å². The van der Waals surface area contributed by atoms with E-state index in [4.69, 9.17) is 4.74 Å². The van der Waals surface area contributed by atoms with Crippen molar-refractivity contribution in [3.05, 3.63) is 36.4 Å². The highest BCUT2D eigenvalue weighted by Gasteiger charge is 2.62. The summed E-state index contributed by atoms with van der Waals surface area (Å²) in [6.07, 6.45) is 5.12. The monoisotopic (exact) mass is 313 g/mol. The molecule has 2 bridgehead atoms. The minimum absolute atomic E-state index is 0.00378. The van der Waals surface area contributed by atoms with Crippen molar-refractivity contribution in [3.63, 3.8) is 0 Å². The lowest BCUT2D eigenvalue weighted by atomic mass is 9.62. The van der Waals surface area contributed by atoms with Gasteiger partial charge in [-0.2, -0.15) is 0 Å². The van der Waals surface area contributed by atoms with Gasteiger partial charge in [0.25, 0.3) is 0 Å². The molecule has 4 aliphatic carbocycles. The number of nitrogens with one attached hydrogen (secondary N) is 1. The van der Waals surface area contributed by atoms with Crippen molar-refractivity contribution in [1.82, 2.24) is 0 Å². The maximum atomic E-state index is 12.8. The van der Waals surface area contributed by atoms with Crippen LogP contribution < -0.4 is 10.1 Å². The average molecular weight is 313 g/mol. The number of fused-ring (bicyclic) bond motifs is 1. The second kappa shape index (κ2) is 5.11. The number of ether oxygens (including phenoxy) is 1. The number of hydrogen-bond donors (Lipinski definition) is 2. The number of rotatable bonds is 4. The fourth-order valence-electron chi connectivity index (χ4n) is 4.53. The third-order valence-corrected chi connectivity index (χ3v) is 5.60. The minimum atomic E-state index is -0.866. The van der Waals surface area contributed by atoms with Crippen LogP contribution in [-0.4, -0.2) is 24.1 Å². The number of carbonyl (C=O) groups excluding carboxylic acids is 1. The summed E-state index contributed by atoms with van der Waals surface area (Å²) in [5, 5.41) is 12.5. The lowest BCUT2D eigenvalue weighted by molar-refractivity contribution is -0.152. The number of methoxy groups -OCH3 is 1. The van der Waals surface area contributed by atoms with Crippen LogP contribution in [0.25, 0.3) is 0 Å². The molecule has 5 nitrogen and oxygen atoms in total. The first-order valence-corrected chi connectivity index (χ1v) is 7.97. The Labute approximate surface area is 134 Å². The smallest absolute Gasteiger partial charge is 0.307 e. The van der Waals surface area contributed by atoms with Gasteiger partial charge in [-0.15, -0.1) is 0 Å². The Morgan fingerprint density at radius 1 is 1.13 bits per heavy atom. The number of amides is 1. The number of allylic oxidation sites excluding steroid dienone is 2. The first-order chi connectivity index (χ1) is 11.1. The van der Waals surface area contributed by atoms with Gasteiger partial charge in [0.15, 0.2) is 0 Å². The van der Waals surface area contributed by atoms with Gasteiger partial charge in [0.2, 0.25) is 5.91 Å². The SMILES string of the molecule is COc1ccccc1NC(=O)[C@H]1[C@@H]2C=C[C@@H]([C@@H]3C[C@H]23)[C@@H]1C(=O)O. The molecular weight excluding hydrogens is 294 g/mol. The molecule has 5 rings (SSSR count). The summed E-state index contributed by atoms with van der Waals surface area (Å²) >= 11 is 0. The molecule has 4 aliphatic rings. The van der Waals surface area contributed by atoms with E-state index in [1.54, 1.807) is 19.2 Å². The lowest BCUT2D eigenvalue weighted by Crippen LogP contribution is -2.48. The Morgan fingerprint density at radius 2 is 1.78 bits per heavy atom. The molecule has 23 heavy (non-hydrogen) atoms. The number of carbonyl (C=O) groups is 2. The summed E-state index contributed by atoms with van der Waals surface area (Å²) < 4.78 is 5.25. The van der Waals surface area contributed by atoms with Crippen LogP contribution >= 0.6 is 0 Å². The zero-order valence-electron chi connectivity index (χ0n) is 12.8. The van der Waals surface area contributed by atoms with E-state index < -0.39 is 17.8 Å². The molecule has 2 fully saturated rings. The summed E-state index contributed by atoms with van der Waals surface area (Å²) in [6, 6.07) is 7.18. The molecule has 2 saturated carbocycles. The van der Waals surface area contributed by atoms with Gasteiger partial charge in [0.1, 0.15) is 5.75 Å². The summed E-state index contributed by atoms with van der Waals surface area (Å²) in [5.41, 5.74) is 0.585. The largest absolute Gasteiger partial charge is 0.495 e. The molecule has 0 radical (unpaired) electrons. The van der Waals surface area contributed by atoms with E-state index in [0.717, 1.165) is 6.42 Å². The second-order valence-corrected chi connectivity index (χ2v) is 6.68. The topological polar surface area (TPSA) is 75.6 Å².